The van der Waals surface area contributed by atoms with E-state index in [0.29, 0.717) is 17.8 Å². The smallest absolute Gasteiger partial charge is 0.220 e. The normalized spacial score (nSPS) is 12.2. The van der Waals surface area contributed by atoms with Crippen molar-refractivity contribution in [3.05, 3.63) is 11.9 Å². The Morgan fingerprint density at radius 2 is 1.82 bits per heavy atom. The molecule has 1 heterocycles. The van der Waals surface area contributed by atoms with Crippen LogP contribution in [0.2, 0.25) is 0 Å². The van der Waals surface area contributed by atoms with Gasteiger partial charge in [0.05, 0.1) is 20.3 Å². The van der Waals surface area contributed by atoms with Crippen molar-refractivity contribution in [2.75, 3.05) is 20.8 Å². The lowest BCUT2D eigenvalue weighted by Crippen LogP contribution is -2.29. The van der Waals surface area contributed by atoms with Gasteiger partial charge in [-0.25, -0.2) is 0 Å². The average molecular weight is 239 g/mol. The monoisotopic (exact) mass is 239 g/mol. The van der Waals surface area contributed by atoms with Crippen molar-refractivity contribution < 1.29 is 9.47 Å². The summed E-state index contributed by atoms with van der Waals surface area (Å²) in [5.74, 6) is 1.81. The first-order valence-electron chi connectivity index (χ1n) is 5.89. The number of rotatable bonds is 7. The molecule has 1 rings (SSSR count). The first-order chi connectivity index (χ1) is 8.19. The molecule has 0 bridgehead atoms. The summed E-state index contributed by atoms with van der Waals surface area (Å²) < 4.78 is 10.2. The number of hydrogen-bond donors (Lipinski definition) is 1. The predicted octanol–water partition coefficient (Wildman–Crippen LogP) is 1.42. The molecule has 1 atom stereocenters. The van der Waals surface area contributed by atoms with Crippen LogP contribution >= 0.6 is 0 Å². The summed E-state index contributed by atoms with van der Waals surface area (Å²) in [4.78, 5) is 8.59. The highest BCUT2D eigenvalue weighted by Crippen LogP contribution is 2.15. The Morgan fingerprint density at radius 3 is 2.29 bits per heavy atom. The first-order valence-corrected chi connectivity index (χ1v) is 5.89. The maximum Gasteiger partial charge on any atom is 0.220 e. The standard InChI is InChI=1S/C12H21N3O2/c1-5-6-13-9(2)7-10-14-11(16-3)8-12(15-10)17-4/h8-9,13H,5-7H2,1-4H3. The van der Waals surface area contributed by atoms with Gasteiger partial charge in [-0.2, -0.15) is 9.97 Å². The minimum atomic E-state index is 0.340. The minimum Gasteiger partial charge on any atom is -0.481 e. The number of methoxy groups -OCH3 is 2. The number of ether oxygens (including phenoxy) is 2. The lowest BCUT2D eigenvalue weighted by molar-refractivity contribution is 0.366. The molecule has 1 N–H and O–H groups in total. The van der Waals surface area contributed by atoms with Crippen LogP contribution < -0.4 is 14.8 Å². The second kappa shape index (κ2) is 7.06. The van der Waals surface area contributed by atoms with Crippen molar-refractivity contribution in [3.8, 4) is 11.8 Å². The highest BCUT2D eigenvalue weighted by molar-refractivity contribution is 5.21. The molecule has 0 aromatic carbocycles. The fourth-order valence-electron chi connectivity index (χ4n) is 1.49. The third kappa shape index (κ3) is 4.56. The van der Waals surface area contributed by atoms with Crippen molar-refractivity contribution in [1.82, 2.24) is 15.3 Å². The van der Waals surface area contributed by atoms with Gasteiger partial charge in [0, 0.05) is 12.5 Å². The van der Waals surface area contributed by atoms with Crippen molar-refractivity contribution in [2.45, 2.75) is 32.7 Å². The molecular weight excluding hydrogens is 218 g/mol. The summed E-state index contributed by atoms with van der Waals surface area (Å²) >= 11 is 0. The Kier molecular flexibility index (Phi) is 5.69. The lowest BCUT2D eigenvalue weighted by Gasteiger charge is -2.13. The number of hydrogen-bond acceptors (Lipinski definition) is 5. The van der Waals surface area contributed by atoms with Crippen LogP contribution in [0.15, 0.2) is 6.07 Å². The van der Waals surface area contributed by atoms with Crippen molar-refractivity contribution in [1.29, 1.82) is 0 Å². The number of aromatic nitrogens is 2. The van der Waals surface area contributed by atoms with Crippen LogP contribution in [0.25, 0.3) is 0 Å². The fraction of sp³-hybridized carbons (Fsp3) is 0.667. The molecule has 0 amide bonds. The third-order valence-corrected chi connectivity index (χ3v) is 2.38. The molecule has 96 valence electrons. The van der Waals surface area contributed by atoms with Crippen LogP contribution in [0.3, 0.4) is 0 Å². The second-order valence-corrected chi connectivity index (χ2v) is 3.93. The minimum absolute atomic E-state index is 0.340. The van der Waals surface area contributed by atoms with Crippen LogP contribution in [0.4, 0.5) is 0 Å². The Morgan fingerprint density at radius 1 is 1.24 bits per heavy atom. The Labute approximate surface area is 103 Å². The lowest BCUT2D eigenvalue weighted by atomic mass is 10.2. The molecule has 0 saturated heterocycles. The van der Waals surface area contributed by atoms with Gasteiger partial charge in [-0.15, -0.1) is 0 Å². The predicted molar refractivity (Wildman–Crippen MR) is 66.6 cm³/mol. The molecule has 0 aliphatic rings. The van der Waals surface area contributed by atoms with Gasteiger partial charge in [-0.05, 0) is 19.9 Å². The summed E-state index contributed by atoms with van der Waals surface area (Å²) in [5, 5.41) is 3.39. The molecule has 1 aromatic rings. The van der Waals surface area contributed by atoms with Gasteiger partial charge in [0.1, 0.15) is 5.82 Å². The largest absolute Gasteiger partial charge is 0.481 e. The summed E-state index contributed by atoms with van der Waals surface area (Å²) in [5.41, 5.74) is 0. The fourth-order valence-corrected chi connectivity index (χ4v) is 1.49. The van der Waals surface area contributed by atoms with E-state index in [0.717, 1.165) is 25.2 Å². The third-order valence-electron chi connectivity index (χ3n) is 2.38. The molecule has 0 fully saturated rings. The highest BCUT2D eigenvalue weighted by Gasteiger charge is 2.09. The molecule has 0 aliphatic carbocycles. The van der Waals surface area contributed by atoms with E-state index in [1.807, 2.05) is 0 Å². The van der Waals surface area contributed by atoms with E-state index in [1.165, 1.54) is 0 Å². The van der Waals surface area contributed by atoms with Gasteiger partial charge in [-0.3, -0.25) is 0 Å². The van der Waals surface area contributed by atoms with Crippen molar-refractivity contribution in [2.24, 2.45) is 0 Å². The topological polar surface area (TPSA) is 56.3 Å². The average Bonchev–Trinajstić information content (AvgIpc) is 2.35. The molecule has 0 aliphatic heterocycles. The second-order valence-electron chi connectivity index (χ2n) is 3.93. The van der Waals surface area contributed by atoms with Gasteiger partial charge in [-0.1, -0.05) is 6.92 Å². The molecular formula is C12H21N3O2. The quantitative estimate of drug-likeness (QED) is 0.780. The maximum atomic E-state index is 5.11. The van der Waals surface area contributed by atoms with E-state index in [-0.39, 0.29) is 0 Å². The molecule has 5 nitrogen and oxygen atoms in total. The molecule has 1 unspecified atom stereocenters. The van der Waals surface area contributed by atoms with Gasteiger partial charge >= 0.3 is 0 Å². The van der Waals surface area contributed by atoms with Gasteiger partial charge in [0.15, 0.2) is 0 Å². The molecule has 0 spiro atoms. The summed E-state index contributed by atoms with van der Waals surface area (Å²) in [6.07, 6.45) is 1.88. The van der Waals surface area contributed by atoms with Gasteiger partial charge in [0.2, 0.25) is 11.8 Å². The van der Waals surface area contributed by atoms with E-state index in [9.17, 15) is 0 Å². The molecule has 0 radical (unpaired) electrons. The Bertz CT molecular complexity index is 322. The van der Waals surface area contributed by atoms with Crippen molar-refractivity contribution >= 4 is 0 Å². The first kappa shape index (κ1) is 13.7. The van der Waals surface area contributed by atoms with E-state index in [4.69, 9.17) is 9.47 Å². The van der Waals surface area contributed by atoms with Crippen LogP contribution in [0, 0.1) is 0 Å². The molecule has 17 heavy (non-hydrogen) atoms. The Balaban J connectivity index is 2.68. The zero-order valence-corrected chi connectivity index (χ0v) is 11.0. The zero-order valence-electron chi connectivity index (χ0n) is 11.0. The maximum absolute atomic E-state index is 5.11. The van der Waals surface area contributed by atoms with Crippen LogP contribution in [0.5, 0.6) is 11.8 Å². The summed E-state index contributed by atoms with van der Waals surface area (Å²) in [6.45, 7) is 5.26. The molecule has 5 heteroatoms. The number of nitrogens with one attached hydrogen (secondary N) is 1. The highest BCUT2D eigenvalue weighted by atomic mass is 16.5. The van der Waals surface area contributed by atoms with Crippen molar-refractivity contribution in [3.63, 3.8) is 0 Å². The van der Waals surface area contributed by atoms with E-state index in [1.54, 1.807) is 20.3 Å². The summed E-state index contributed by atoms with van der Waals surface area (Å²) in [7, 11) is 3.18. The van der Waals surface area contributed by atoms with E-state index in [2.05, 4.69) is 29.1 Å². The van der Waals surface area contributed by atoms with Gasteiger partial charge in [0.25, 0.3) is 0 Å². The van der Waals surface area contributed by atoms with Gasteiger partial charge < -0.3 is 14.8 Å². The molecule has 1 aromatic heterocycles. The number of nitrogens with zero attached hydrogens (tertiary/aromatic N) is 2. The van der Waals surface area contributed by atoms with Crippen LogP contribution in [-0.4, -0.2) is 36.8 Å². The SMILES string of the molecule is CCCNC(C)Cc1nc(OC)cc(OC)n1. The Hall–Kier alpha value is -1.36. The molecule has 0 saturated carbocycles. The zero-order chi connectivity index (χ0) is 12.7. The summed E-state index contributed by atoms with van der Waals surface area (Å²) in [6, 6.07) is 2.01. The van der Waals surface area contributed by atoms with Crippen LogP contribution in [-0.2, 0) is 6.42 Å². The van der Waals surface area contributed by atoms with E-state index >= 15 is 0 Å². The van der Waals surface area contributed by atoms with E-state index < -0.39 is 0 Å². The van der Waals surface area contributed by atoms with Crippen LogP contribution in [0.1, 0.15) is 26.1 Å².